The molecule has 0 fully saturated rings. The number of carbonyl (C=O) groups is 2. The highest BCUT2D eigenvalue weighted by Gasteiger charge is 2.20. The van der Waals surface area contributed by atoms with Crippen molar-refractivity contribution in [3.63, 3.8) is 0 Å². The number of esters is 1. The van der Waals surface area contributed by atoms with Crippen LogP contribution in [0.4, 0.5) is 5.69 Å². The largest absolute Gasteiger partial charge is 0.466 e. The Morgan fingerprint density at radius 1 is 1.44 bits per heavy atom. The van der Waals surface area contributed by atoms with E-state index in [2.05, 4.69) is 21.2 Å². The molecule has 0 aliphatic rings. The number of benzene rings is 1. The molecule has 0 saturated heterocycles. The Morgan fingerprint density at radius 2 is 2.11 bits per heavy atom. The van der Waals surface area contributed by atoms with Gasteiger partial charge in [-0.25, -0.2) is 0 Å². The van der Waals surface area contributed by atoms with Crippen molar-refractivity contribution in [3.8, 4) is 0 Å². The van der Waals surface area contributed by atoms with E-state index in [0.717, 1.165) is 4.47 Å². The SMILES string of the molecule is CCOC(=O)CC(Nc1ccccc1Br)C(N)=O. The summed E-state index contributed by atoms with van der Waals surface area (Å²) in [6.07, 6.45) is -0.0928. The number of ether oxygens (including phenoxy) is 1. The standard InChI is InChI=1S/C12H15BrN2O3/c1-2-18-11(16)7-10(12(14)17)15-9-6-4-3-5-8(9)13/h3-6,10,15H,2,7H2,1H3,(H2,14,17). The monoisotopic (exact) mass is 314 g/mol. The van der Waals surface area contributed by atoms with E-state index in [1.165, 1.54) is 0 Å². The summed E-state index contributed by atoms with van der Waals surface area (Å²) in [5.74, 6) is -1.06. The summed E-state index contributed by atoms with van der Waals surface area (Å²) in [5.41, 5.74) is 5.95. The normalized spacial score (nSPS) is 11.7. The number of nitrogens with two attached hydrogens (primary N) is 1. The Kier molecular flexibility index (Phi) is 5.64. The topological polar surface area (TPSA) is 81.4 Å². The van der Waals surface area contributed by atoms with Crippen molar-refractivity contribution in [3.05, 3.63) is 28.7 Å². The summed E-state index contributed by atoms with van der Waals surface area (Å²) >= 11 is 3.34. The molecular weight excluding hydrogens is 300 g/mol. The average molecular weight is 315 g/mol. The molecule has 6 heteroatoms. The fourth-order valence-corrected chi connectivity index (χ4v) is 1.77. The molecular formula is C12H15BrN2O3. The number of halogens is 1. The van der Waals surface area contributed by atoms with E-state index in [4.69, 9.17) is 10.5 Å². The van der Waals surface area contributed by atoms with Gasteiger partial charge >= 0.3 is 5.97 Å². The zero-order valence-corrected chi connectivity index (χ0v) is 11.6. The van der Waals surface area contributed by atoms with Gasteiger partial charge in [0, 0.05) is 10.2 Å². The summed E-state index contributed by atoms with van der Waals surface area (Å²) in [5, 5.41) is 2.91. The van der Waals surface area contributed by atoms with Crippen molar-refractivity contribution in [2.75, 3.05) is 11.9 Å². The van der Waals surface area contributed by atoms with Crippen LogP contribution < -0.4 is 11.1 Å². The molecule has 1 atom stereocenters. The maximum atomic E-state index is 11.4. The van der Waals surface area contributed by atoms with Gasteiger partial charge in [-0.15, -0.1) is 0 Å². The molecule has 1 amide bonds. The van der Waals surface area contributed by atoms with Crippen molar-refractivity contribution in [2.24, 2.45) is 5.73 Å². The van der Waals surface area contributed by atoms with E-state index in [1.807, 2.05) is 18.2 Å². The summed E-state index contributed by atoms with van der Waals surface area (Å²) in [4.78, 5) is 22.6. The molecule has 0 aliphatic heterocycles. The Hall–Kier alpha value is -1.56. The van der Waals surface area contributed by atoms with Gasteiger partial charge in [0.2, 0.25) is 5.91 Å². The molecule has 0 aromatic heterocycles. The van der Waals surface area contributed by atoms with Crippen LogP contribution in [0, 0.1) is 0 Å². The Labute approximate surface area is 114 Å². The minimum atomic E-state index is -0.789. The van der Waals surface area contributed by atoms with Crippen molar-refractivity contribution < 1.29 is 14.3 Å². The maximum Gasteiger partial charge on any atom is 0.308 e. The number of hydrogen-bond acceptors (Lipinski definition) is 4. The van der Waals surface area contributed by atoms with Gasteiger partial charge in [-0.05, 0) is 35.0 Å². The van der Waals surface area contributed by atoms with E-state index >= 15 is 0 Å². The summed E-state index contributed by atoms with van der Waals surface area (Å²) in [6, 6.07) is 6.48. The quantitative estimate of drug-likeness (QED) is 0.783. The molecule has 0 heterocycles. The lowest BCUT2D eigenvalue weighted by Gasteiger charge is -2.16. The Balaban J connectivity index is 2.72. The van der Waals surface area contributed by atoms with Crippen LogP contribution in [0.15, 0.2) is 28.7 Å². The third kappa shape index (κ3) is 4.37. The molecule has 0 bridgehead atoms. The number of rotatable bonds is 6. The lowest BCUT2D eigenvalue weighted by Crippen LogP contribution is -2.37. The van der Waals surface area contributed by atoms with E-state index in [9.17, 15) is 9.59 Å². The third-order valence-electron chi connectivity index (χ3n) is 2.22. The lowest BCUT2D eigenvalue weighted by molar-refractivity contribution is -0.144. The molecule has 1 aromatic carbocycles. The minimum Gasteiger partial charge on any atom is -0.466 e. The predicted octanol–water partition coefficient (Wildman–Crippen LogP) is 1.67. The van der Waals surface area contributed by atoms with E-state index in [1.54, 1.807) is 13.0 Å². The number of carbonyl (C=O) groups excluding carboxylic acids is 2. The first-order valence-electron chi connectivity index (χ1n) is 5.50. The van der Waals surface area contributed by atoms with Crippen LogP contribution in [-0.2, 0) is 14.3 Å². The van der Waals surface area contributed by atoms with Crippen molar-refractivity contribution in [1.29, 1.82) is 0 Å². The molecule has 0 radical (unpaired) electrons. The van der Waals surface area contributed by atoms with Crippen LogP contribution in [0.1, 0.15) is 13.3 Å². The minimum absolute atomic E-state index is 0.0928. The van der Waals surface area contributed by atoms with E-state index < -0.39 is 17.9 Å². The van der Waals surface area contributed by atoms with Gasteiger partial charge in [-0.2, -0.15) is 0 Å². The van der Waals surface area contributed by atoms with Gasteiger partial charge in [-0.1, -0.05) is 12.1 Å². The molecule has 3 N–H and O–H groups in total. The smallest absolute Gasteiger partial charge is 0.308 e. The van der Waals surface area contributed by atoms with Crippen molar-refractivity contribution in [2.45, 2.75) is 19.4 Å². The average Bonchev–Trinajstić information content (AvgIpc) is 2.31. The molecule has 98 valence electrons. The molecule has 1 unspecified atom stereocenters. The first-order valence-corrected chi connectivity index (χ1v) is 6.30. The zero-order chi connectivity index (χ0) is 13.5. The number of amides is 1. The molecule has 0 aliphatic carbocycles. The highest BCUT2D eigenvalue weighted by atomic mass is 79.9. The molecule has 1 rings (SSSR count). The van der Waals surface area contributed by atoms with Gasteiger partial charge in [-0.3, -0.25) is 9.59 Å². The predicted molar refractivity (Wildman–Crippen MR) is 72.0 cm³/mol. The summed E-state index contributed by atoms with van der Waals surface area (Å²) in [7, 11) is 0. The third-order valence-corrected chi connectivity index (χ3v) is 2.91. The van der Waals surface area contributed by atoms with Gasteiger partial charge in [0.15, 0.2) is 0 Å². The highest BCUT2D eigenvalue weighted by Crippen LogP contribution is 2.22. The molecule has 1 aromatic rings. The van der Waals surface area contributed by atoms with Crippen LogP contribution in [0.2, 0.25) is 0 Å². The van der Waals surface area contributed by atoms with Crippen molar-refractivity contribution >= 4 is 33.5 Å². The molecule has 18 heavy (non-hydrogen) atoms. The van der Waals surface area contributed by atoms with Crippen LogP contribution in [-0.4, -0.2) is 24.5 Å². The molecule has 0 spiro atoms. The Bertz CT molecular complexity index is 437. The first kappa shape index (κ1) is 14.5. The van der Waals surface area contributed by atoms with Gasteiger partial charge in [0.25, 0.3) is 0 Å². The zero-order valence-electron chi connectivity index (χ0n) is 9.98. The Morgan fingerprint density at radius 3 is 2.67 bits per heavy atom. The fourth-order valence-electron chi connectivity index (χ4n) is 1.38. The second-order valence-electron chi connectivity index (χ2n) is 3.59. The van der Waals surface area contributed by atoms with E-state index in [0.29, 0.717) is 5.69 Å². The number of primary amides is 1. The summed E-state index contributed by atoms with van der Waals surface area (Å²) < 4.78 is 5.58. The number of para-hydroxylation sites is 1. The first-order chi connectivity index (χ1) is 8.54. The fraction of sp³-hybridized carbons (Fsp3) is 0.333. The van der Waals surface area contributed by atoms with Crippen LogP contribution in [0.5, 0.6) is 0 Å². The van der Waals surface area contributed by atoms with Crippen LogP contribution in [0.25, 0.3) is 0 Å². The van der Waals surface area contributed by atoms with Crippen molar-refractivity contribution in [1.82, 2.24) is 0 Å². The second kappa shape index (κ2) is 7.00. The molecule has 5 nitrogen and oxygen atoms in total. The number of hydrogen-bond donors (Lipinski definition) is 2. The van der Waals surface area contributed by atoms with Gasteiger partial charge in [0.05, 0.1) is 13.0 Å². The lowest BCUT2D eigenvalue weighted by atomic mass is 10.2. The highest BCUT2D eigenvalue weighted by molar-refractivity contribution is 9.10. The van der Waals surface area contributed by atoms with Gasteiger partial charge < -0.3 is 15.8 Å². The number of nitrogens with one attached hydrogen (secondary N) is 1. The maximum absolute atomic E-state index is 11.4. The van der Waals surface area contributed by atoms with Crippen LogP contribution >= 0.6 is 15.9 Å². The van der Waals surface area contributed by atoms with Gasteiger partial charge in [0.1, 0.15) is 6.04 Å². The molecule has 0 saturated carbocycles. The second-order valence-corrected chi connectivity index (χ2v) is 4.44. The van der Waals surface area contributed by atoms with E-state index in [-0.39, 0.29) is 13.0 Å². The number of anilines is 1. The summed E-state index contributed by atoms with van der Waals surface area (Å²) in [6.45, 7) is 1.98. The van der Waals surface area contributed by atoms with Crippen LogP contribution in [0.3, 0.4) is 0 Å².